The molecule has 4 heteroatoms. The third kappa shape index (κ3) is 4.28. The number of methoxy groups -OCH3 is 1. The molecule has 3 rings (SSSR count). The summed E-state index contributed by atoms with van der Waals surface area (Å²) in [5.74, 6) is 0.865. The summed E-state index contributed by atoms with van der Waals surface area (Å²) in [6, 6.07) is 14.8. The van der Waals surface area contributed by atoms with Gasteiger partial charge in [0.25, 0.3) is 0 Å². The molecule has 0 saturated carbocycles. The number of ketones is 1. The average molecular weight is 402 g/mol. The molecule has 0 saturated heterocycles. The van der Waals surface area contributed by atoms with Crippen LogP contribution >= 0.6 is 0 Å². The highest BCUT2D eigenvalue weighted by Gasteiger charge is 2.16. The number of ether oxygens (including phenoxy) is 2. The van der Waals surface area contributed by atoms with Crippen molar-refractivity contribution in [1.29, 1.82) is 0 Å². The van der Waals surface area contributed by atoms with Crippen LogP contribution in [0.2, 0.25) is 0 Å². The van der Waals surface area contributed by atoms with Crippen LogP contribution in [0, 0.1) is 27.7 Å². The van der Waals surface area contributed by atoms with E-state index in [2.05, 4.69) is 12.1 Å². The van der Waals surface area contributed by atoms with Gasteiger partial charge < -0.3 is 9.47 Å². The second kappa shape index (κ2) is 8.54. The fourth-order valence-electron chi connectivity index (χ4n) is 3.73. The summed E-state index contributed by atoms with van der Waals surface area (Å²) >= 11 is 0. The van der Waals surface area contributed by atoms with Gasteiger partial charge in [-0.05, 0) is 104 Å². The largest absolute Gasteiger partial charge is 0.496 e. The van der Waals surface area contributed by atoms with Gasteiger partial charge in [-0.1, -0.05) is 12.1 Å². The predicted octanol–water partition coefficient (Wildman–Crippen LogP) is 6.02. The van der Waals surface area contributed by atoms with Crippen molar-refractivity contribution in [2.45, 2.75) is 34.6 Å². The Kier molecular flexibility index (Phi) is 6.06. The lowest BCUT2D eigenvalue weighted by atomic mass is 9.96. The minimum Gasteiger partial charge on any atom is -0.496 e. The molecule has 3 aromatic carbocycles. The molecule has 0 aliphatic carbocycles. The number of hydrogen-bond acceptors (Lipinski definition) is 4. The summed E-state index contributed by atoms with van der Waals surface area (Å²) in [4.78, 5) is 24.2. The van der Waals surface area contributed by atoms with E-state index in [1.54, 1.807) is 31.4 Å². The standard InChI is InChI=1S/C26H26O4/c1-15-10-22(11-16(2)24(15)29-6)23-12-17(3)25(18(4)13-23)30-26(28)21-9-7-8-20(14-21)19(5)27/h7-14H,1-6H3. The van der Waals surface area contributed by atoms with Gasteiger partial charge in [0.15, 0.2) is 5.78 Å². The molecule has 0 bridgehead atoms. The van der Waals surface area contributed by atoms with E-state index in [4.69, 9.17) is 9.47 Å². The number of rotatable bonds is 5. The molecule has 0 heterocycles. The molecule has 0 atom stereocenters. The summed E-state index contributed by atoms with van der Waals surface area (Å²) in [5.41, 5.74) is 6.86. The quantitative estimate of drug-likeness (QED) is 0.298. The summed E-state index contributed by atoms with van der Waals surface area (Å²) in [6.45, 7) is 9.38. The van der Waals surface area contributed by atoms with Crippen molar-refractivity contribution in [3.05, 3.63) is 81.9 Å². The van der Waals surface area contributed by atoms with Crippen LogP contribution in [-0.4, -0.2) is 18.9 Å². The first kappa shape index (κ1) is 21.3. The maximum Gasteiger partial charge on any atom is 0.343 e. The van der Waals surface area contributed by atoms with Crippen LogP contribution in [0.5, 0.6) is 11.5 Å². The van der Waals surface area contributed by atoms with Crippen molar-refractivity contribution in [2.75, 3.05) is 7.11 Å². The fourth-order valence-corrected chi connectivity index (χ4v) is 3.73. The van der Waals surface area contributed by atoms with E-state index >= 15 is 0 Å². The van der Waals surface area contributed by atoms with E-state index in [-0.39, 0.29) is 5.78 Å². The topological polar surface area (TPSA) is 52.6 Å². The molecular formula is C26H26O4. The van der Waals surface area contributed by atoms with Crippen LogP contribution in [0.4, 0.5) is 0 Å². The van der Waals surface area contributed by atoms with Crippen LogP contribution < -0.4 is 9.47 Å². The molecule has 30 heavy (non-hydrogen) atoms. The van der Waals surface area contributed by atoms with Gasteiger partial charge in [0.05, 0.1) is 12.7 Å². The molecule has 0 radical (unpaired) electrons. The Morgan fingerprint density at radius 1 is 0.700 bits per heavy atom. The van der Waals surface area contributed by atoms with E-state index in [0.717, 1.165) is 39.1 Å². The van der Waals surface area contributed by atoms with Crippen molar-refractivity contribution in [3.8, 4) is 22.6 Å². The SMILES string of the molecule is COc1c(C)cc(-c2cc(C)c(OC(=O)c3cccc(C(C)=O)c3)c(C)c2)cc1C. The molecule has 0 fully saturated rings. The summed E-state index contributed by atoms with van der Waals surface area (Å²) < 4.78 is 11.2. The first-order valence-electron chi connectivity index (χ1n) is 9.81. The third-order valence-corrected chi connectivity index (χ3v) is 5.16. The van der Waals surface area contributed by atoms with Gasteiger partial charge in [-0.25, -0.2) is 4.79 Å². The van der Waals surface area contributed by atoms with E-state index < -0.39 is 5.97 Å². The highest BCUT2D eigenvalue weighted by molar-refractivity contribution is 5.98. The van der Waals surface area contributed by atoms with Gasteiger partial charge in [0.1, 0.15) is 11.5 Å². The Hall–Kier alpha value is -3.40. The number of aryl methyl sites for hydroxylation is 4. The second-order valence-corrected chi connectivity index (χ2v) is 7.61. The molecule has 0 N–H and O–H groups in total. The van der Waals surface area contributed by atoms with E-state index in [0.29, 0.717) is 16.9 Å². The van der Waals surface area contributed by atoms with Crippen LogP contribution in [0.15, 0.2) is 48.5 Å². The van der Waals surface area contributed by atoms with Gasteiger partial charge >= 0.3 is 5.97 Å². The average Bonchev–Trinajstić information content (AvgIpc) is 2.70. The van der Waals surface area contributed by atoms with Gasteiger partial charge in [-0.3, -0.25) is 4.79 Å². The molecule has 0 unspecified atom stereocenters. The zero-order valence-electron chi connectivity index (χ0n) is 18.3. The number of carbonyl (C=O) groups excluding carboxylic acids is 2. The summed E-state index contributed by atoms with van der Waals surface area (Å²) in [7, 11) is 1.68. The van der Waals surface area contributed by atoms with Crippen molar-refractivity contribution in [1.82, 2.24) is 0 Å². The number of Topliss-reactive ketones (excluding diaryl/α,β-unsaturated/α-hetero) is 1. The van der Waals surface area contributed by atoms with Crippen LogP contribution in [0.3, 0.4) is 0 Å². The first-order chi connectivity index (χ1) is 14.2. The lowest BCUT2D eigenvalue weighted by Gasteiger charge is -2.15. The zero-order valence-corrected chi connectivity index (χ0v) is 18.3. The second-order valence-electron chi connectivity index (χ2n) is 7.61. The summed E-state index contributed by atoms with van der Waals surface area (Å²) in [6.07, 6.45) is 0. The molecule has 3 aromatic rings. The zero-order chi connectivity index (χ0) is 22.0. The highest BCUT2D eigenvalue weighted by Crippen LogP contribution is 2.34. The minimum atomic E-state index is -0.479. The molecule has 0 amide bonds. The Bertz CT molecular complexity index is 1100. The van der Waals surface area contributed by atoms with Crippen molar-refractivity contribution < 1.29 is 19.1 Å². The number of benzene rings is 3. The van der Waals surface area contributed by atoms with Crippen molar-refractivity contribution in [2.24, 2.45) is 0 Å². The molecule has 154 valence electrons. The van der Waals surface area contributed by atoms with Gasteiger partial charge in [0, 0.05) is 5.56 Å². The van der Waals surface area contributed by atoms with Crippen LogP contribution in [0.25, 0.3) is 11.1 Å². The maximum atomic E-state index is 12.7. The fraction of sp³-hybridized carbons (Fsp3) is 0.231. The van der Waals surface area contributed by atoms with E-state index in [9.17, 15) is 9.59 Å². The van der Waals surface area contributed by atoms with E-state index in [1.165, 1.54) is 6.92 Å². The Morgan fingerprint density at radius 2 is 1.17 bits per heavy atom. The predicted molar refractivity (Wildman–Crippen MR) is 119 cm³/mol. The number of esters is 1. The molecule has 0 aromatic heterocycles. The van der Waals surface area contributed by atoms with Gasteiger partial charge in [-0.15, -0.1) is 0 Å². The maximum absolute atomic E-state index is 12.7. The molecule has 4 nitrogen and oxygen atoms in total. The van der Waals surface area contributed by atoms with Crippen molar-refractivity contribution in [3.63, 3.8) is 0 Å². The minimum absolute atomic E-state index is 0.0913. The Morgan fingerprint density at radius 3 is 1.63 bits per heavy atom. The smallest absolute Gasteiger partial charge is 0.343 e. The normalized spacial score (nSPS) is 10.6. The third-order valence-electron chi connectivity index (χ3n) is 5.16. The lowest BCUT2D eigenvalue weighted by molar-refractivity contribution is 0.0732. The molecular weight excluding hydrogens is 376 g/mol. The molecule has 0 spiro atoms. The monoisotopic (exact) mass is 402 g/mol. The number of hydrogen-bond donors (Lipinski definition) is 0. The summed E-state index contributed by atoms with van der Waals surface area (Å²) in [5, 5.41) is 0. The van der Waals surface area contributed by atoms with E-state index in [1.807, 2.05) is 39.8 Å². The highest BCUT2D eigenvalue weighted by atomic mass is 16.5. The van der Waals surface area contributed by atoms with Crippen molar-refractivity contribution >= 4 is 11.8 Å². The lowest BCUT2D eigenvalue weighted by Crippen LogP contribution is -2.11. The van der Waals surface area contributed by atoms with Crippen LogP contribution in [0.1, 0.15) is 49.9 Å². The molecule has 0 aliphatic rings. The number of carbonyl (C=O) groups is 2. The van der Waals surface area contributed by atoms with Gasteiger partial charge in [-0.2, -0.15) is 0 Å². The van der Waals surface area contributed by atoms with Gasteiger partial charge in [0.2, 0.25) is 0 Å². The first-order valence-corrected chi connectivity index (χ1v) is 9.81. The Balaban J connectivity index is 1.93. The van der Waals surface area contributed by atoms with Crippen LogP contribution in [-0.2, 0) is 0 Å². The molecule has 0 aliphatic heterocycles. The Labute approximate surface area is 177 Å².